The molecule has 1 N–H and O–H groups in total. The van der Waals surface area contributed by atoms with Crippen molar-refractivity contribution in [3.63, 3.8) is 0 Å². The van der Waals surface area contributed by atoms with Crippen molar-refractivity contribution in [2.75, 3.05) is 30.0 Å². The summed E-state index contributed by atoms with van der Waals surface area (Å²) >= 11 is 0. The van der Waals surface area contributed by atoms with Crippen molar-refractivity contribution in [3.8, 4) is 0 Å². The monoisotopic (exact) mass is 297 g/mol. The van der Waals surface area contributed by atoms with Crippen LogP contribution in [0.3, 0.4) is 0 Å². The summed E-state index contributed by atoms with van der Waals surface area (Å²) in [4.78, 5) is 29.4. The number of hydrogen-bond donors (Lipinski definition) is 1. The van der Waals surface area contributed by atoms with E-state index in [1.165, 1.54) is 6.20 Å². The average molecular weight is 297 g/mol. The van der Waals surface area contributed by atoms with Gasteiger partial charge in [0.1, 0.15) is 6.61 Å². The minimum Gasteiger partial charge on any atom is -0.370 e. The van der Waals surface area contributed by atoms with E-state index >= 15 is 0 Å². The van der Waals surface area contributed by atoms with Crippen molar-refractivity contribution >= 4 is 23.2 Å². The number of aromatic nitrogens is 1. The number of carbonyl (C=O) groups is 2. The van der Waals surface area contributed by atoms with Gasteiger partial charge in [0.2, 0.25) is 0 Å². The molecule has 0 aliphatic carbocycles. The van der Waals surface area contributed by atoms with Gasteiger partial charge in [-0.25, -0.2) is 0 Å². The molecule has 3 rings (SSSR count). The number of pyridine rings is 1. The summed E-state index contributed by atoms with van der Waals surface area (Å²) in [5.74, 6) is -0.276. The van der Waals surface area contributed by atoms with Crippen molar-refractivity contribution < 1.29 is 14.3 Å². The normalized spacial score (nSPS) is 14.7. The van der Waals surface area contributed by atoms with Crippen molar-refractivity contribution in [2.24, 2.45) is 0 Å². The molecule has 1 saturated heterocycles. The summed E-state index contributed by atoms with van der Waals surface area (Å²) in [5, 5.41) is 2.79. The van der Waals surface area contributed by atoms with Crippen LogP contribution in [0.5, 0.6) is 0 Å². The molecule has 22 heavy (non-hydrogen) atoms. The van der Waals surface area contributed by atoms with E-state index < -0.39 is 0 Å². The molecular weight excluding hydrogens is 282 g/mol. The fourth-order valence-electron chi connectivity index (χ4n) is 2.22. The van der Waals surface area contributed by atoms with E-state index in [0.29, 0.717) is 24.4 Å². The Morgan fingerprint density at radius 3 is 2.73 bits per heavy atom. The van der Waals surface area contributed by atoms with Crippen LogP contribution in [0.25, 0.3) is 0 Å². The molecule has 0 bridgehead atoms. The molecule has 1 aromatic carbocycles. The third-order valence-corrected chi connectivity index (χ3v) is 3.35. The SMILES string of the molecule is O=C(Nc1ccc(N2CCOCC2=O)cc1)c1cccnc1. The van der Waals surface area contributed by atoms with Crippen LogP contribution in [0.15, 0.2) is 48.8 Å². The van der Waals surface area contributed by atoms with E-state index in [-0.39, 0.29) is 18.4 Å². The smallest absolute Gasteiger partial charge is 0.257 e. The largest absolute Gasteiger partial charge is 0.370 e. The Labute approximate surface area is 127 Å². The van der Waals surface area contributed by atoms with E-state index in [4.69, 9.17) is 4.74 Å². The second kappa shape index (κ2) is 6.36. The first kappa shape index (κ1) is 14.2. The van der Waals surface area contributed by atoms with Crippen LogP contribution >= 0.6 is 0 Å². The number of nitrogens with one attached hydrogen (secondary N) is 1. The number of nitrogens with zero attached hydrogens (tertiary/aromatic N) is 2. The van der Waals surface area contributed by atoms with Crippen LogP contribution in [0.4, 0.5) is 11.4 Å². The van der Waals surface area contributed by atoms with Crippen LogP contribution in [0, 0.1) is 0 Å². The second-order valence-electron chi connectivity index (χ2n) is 4.84. The summed E-state index contributed by atoms with van der Waals surface area (Å²) in [6.45, 7) is 1.19. The summed E-state index contributed by atoms with van der Waals surface area (Å²) < 4.78 is 5.10. The third kappa shape index (κ3) is 3.12. The fraction of sp³-hybridized carbons (Fsp3) is 0.188. The van der Waals surface area contributed by atoms with Crippen LogP contribution in [0.1, 0.15) is 10.4 Å². The van der Waals surface area contributed by atoms with Gasteiger partial charge in [-0.15, -0.1) is 0 Å². The van der Waals surface area contributed by atoms with Crippen LogP contribution < -0.4 is 10.2 Å². The van der Waals surface area contributed by atoms with Gasteiger partial charge in [0.05, 0.1) is 12.2 Å². The van der Waals surface area contributed by atoms with E-state index in [1.807, 2.05) is 12.1 Å². The predicted molar refractivity (Wildman–Crippen MR) is 81.8 cm³/mol. The van der Waals surface area contributed by atoms with Crippen molar-refractivity contribution in [1.29, 1.82) is 0 Å². The molecule has 1 aromatic heterocycles. The van der Waals surface area contributed by atoms with Gasteiger partial charge in [-0.3, -0.25) is 14.6 Å². The zero-order chi connectivity index (χ0) is 15.4. The Morgan fingerprint density at radius 2 is 2.05 bits per heavy atom. The lowest BCUT2D eigenvalue weighted by atomic mass is 10.2. The summed E-state index contributed by atoms with van der Waals surface area (Å²) in [6.07, 6.45) is 3.13. The van der Waals surface area contributed by atoms with Gasteiger partial charge in [-0.1, -0.05) is 0 Å². The van der Waals surface area contributed by atoms with Gasteiger partial charge in [-0.2, -0.15) is 0 Å². The maximum atomic E-state index is 12.0. The fourth-order valence-corrected chi connectivity index (χ4v) is 2.22. The number of ether oxygens (including phenoxy) is 1. The molecule has 112 valence electrons. The summed E-state index contributed by atoms with van der Waals surface area (Å²) in [7, 11) is 0. The number of amides is 2. The van der Waals surface area contributed by atoms with E-state index in [2.05, 4.69) is 10.3 Å². The van der Waals surface area contributed by atoms with Gasteiger partial charge in [0, 0.05) is 30.3 Å². The van der Waals surface area contributed by atoms with Gasteiger partial charge in [0.15, 0.2) is 0 Å². The molecule has 1 fully saturated rings. The Bertz CT molecular complexity index is 671. The number of carbonyl (C=O) groups excluding carboxylic acids is 2. The minimum absolute atomic E-state index is 0.0570. The maximum absolute atomic E-state index is 12.0. The molecule has 1 aliphatic heterocycles. The van der Waals surface area contributed by atoms with Gasteiger partial charge >= 0.3 is 0 Å². The highest BCUT2D eigenvalue weighted by Gasteiger charge is 2.19. The molecule has 2 aromatic rings. The standard InChI is InChI=1S/C16H15N3O3/c20-15-11-22-9-8-19(15)14-5-3-13(4-6-14)18-16(21)12-2-1-7-17-10-12/h1-7,10H,8-9,11H2,(H,18,21). The van der Waals surface area contributed by atoms with Crippen molar-refractivity contribution in [2.45, 2.75) is 0 Å². The molecule has 1 aliphatic rings. The quantitative estimate of drug-likeness (QED) is 0.936. The highest BCUT2D eigenvalue weighted by Crippen LogP contribution is 2.20. The van der Waals surface area contributed by atoms with Crippen LogP contribution in [-0.4, -0.2) is 36.6 Å². The number of anilines is 2. The molecule has 6 heteroatoms. The summed E-state index contributed by atoms with van der Waals surface area (Å²) in [5.41, 5.74) is 1.96. The molecule has 0 saturated carbocycles. The second-order valence-corrected chi connectivity index (χ2v) is 4.84. The van der Waals surface area contributed by atoms with E-state index in [9.17, 15) is 9.59 Å². The zero-order valence-corrected chi connectivity index (χ0v) is 11.9. The predicted octanol–water partition coefficient (Wildman–Crippen LogP) is 1.70. The Kier molecular flexibility index (Phi) is 4.11. The molecule has 0 radical (unpaired) electrons. The molecule has 2 heterocycles. The first-order valence-corrected chi connectivity index (χ1v) is 6.93. The van der Waals surface area contributed by atoms with E-state index in [0.717, 1.165) is 5.69 Å². The molecular formula is C16H15N3O3. The summed E-state index contributed by atoms with van der Waals surface area (Å²) in [6, 6.07) is 10.6. The number of hydrogen-bond acceptors (Lipinski definition) is 4. The first-order chi connectivity index (χ1) is 10.7. The number of rotatable bonds is 3. The van der Waals surface area contributed by atoms with Gasteiger partial charge in [0.25, 0.3) is 11.8 Å². The molecule has 6 nitrogen and oxygen atoms in total. The van der Waals surface area contributed by atoms with Crippen molar-refractivity contribution in [3.05, 3.63) is 54.4 Å². The lowest BCUT2D eigenvalue weighted by molar-refractivity contribution is -0.125. The topological polar surface area (TPSA) is 71.5 Å². The lowest BCUT2D eigenvalue weighted by Gasteiger charge is -2.26. The Morgan fingerprint density at radius 1 is 1.23 bits per heavy atom. The Balaban J connectivity index is 1.69. The third-order valence-electron chi connectivity index (χ3n) is 3.35. The molecule has 0 spiro atoms. The van der Waals surface area contributed by atoms with Gasteiger partial charge in [-0.05, 0) is 36.4 Å². The number of benzene rings is 1. The van der Waals surface area contributed by atoms with E-state index in [1.54, 1.807) is 35.4 Å². The molecule has 0 atom stereocenters. The molecule has 2 amide bonds. The minimum atomic E-state index is -0.219. The van der Waals surface area contributed by atoms with Crippen LogP contribution in [0.2, 0.25) is 0 Å². The van der Waals surface area contributed by atoms with Gasteiger partial charge < -0.3 is 15.0 Å². The lowest BCUT2D eigenvalue weighted by Crippen LogP contribution is -2.41. The van der Waals surface area contributed by atoms with Crippen LogP contribution in [-0.2, 0) is 9.53 Å². The van der Waals surface area contributed by atoms with Crippen molar-refractivity contribution in [1.82, 2.24) is 4.98 Å². The average Bonchev–Trinajstić information content (AvgIpc) is 2.57. The highest BCUT2D eigenvalue weighted by molar-refractivity contribution is 6.04. The molecule has 0 unspecified atom stereocenters. The first-order valence-electron chi connectivity index (χ1n) is 6.93. The zero-order valence-electron chi connectivity index (χ0n) is 11.9. The Hall–Kier alpha value is -2.73. The number of morpholine rings is 1. The highest BCUT2D eigenvalue weighted by atomic mass is 16.5. The maximum Gasteiger partial charge on any atom is 0.257 e.